The van der Waals surface area contributed by atoms with E-state index in [-0.39, 0.29) is 18.2 Å². The fraction of sp³-hybridized carbons (Fsp3) is 0.467. The number of rotatable bonds is 11. The van der Waals surface area contributed by atoms with Crippen LogP contribution < -0.4 is 11.2 Å². The van der Waals surface area contributed by atoms with Gasteiger partial charge in [-0.3, -0.25) is 9.36 Å². The van der Waals surface area contributed by atoms with Gasteiger partial charge in [0.1, 0.15) is 23.1 Å². The molecule has 2 saturated heterocycles. The standard InChI is InChI=1S/C30H34N4O7S/c1-19-24(17-23(21-7-2-3-8-22(21)36)41-25-9-4-5-15-39-25)42-28-26(19)27(37)33(20(10-14-35)18-32-12-6-13-32)30(38)34(28)29-31-11-16-40-29/h2-3,7-8,11,14,16,20,23,25,36H,4-6,9-10,12-13,15,17-18H2,1H3/t20?,23-,25?/m1/s1. The van der Waals surface area contributed by atoms with Gasteiger partial charge in [-0.2, -0.15) is 0 Å². The quantitative estimate of drug-likeness (QED) is 0.257. The van der Waals surface area contributed by atoms with Gasteiger partial charge in [0.2, 0.25) is 0 Å². The molecule has 4 aromatic rings. The Morgan fingerprint density at radius 1 is 1.21 bits per heavy atom. The molecule has 2 aliphatic heterocycles. The van der Waals surface area contributed by atoms with Gasteiger partial charge in [0, 0.05) is 36.4 Å². The van der Waals surface area contributed by atoms with Gasteiger partial charge in [0.05, 0.1) is 23.7 Å². The van der Waals surface area contributed by atoms with Crippen LogP contribution in [0.15, 0.2) is 50.7 Å². The van der Waals surface area contributed by atoms with Gasteiger partial charge in [-0.25, -0.2) is 14.3 Å². The number of hydrogen-bond donors (Lipinski definition) is 1. The number of phenols is 1. The van der Waals surface area contributed by atoms with E-state index in [9.17, 15) is 19.5 Å². The van der Waals surface area contributed by atoms with Gasteiger partial charge >= 0.3 is 11.7 Å². The lowest BCUT2D eigenvalue weighted by molar-refractivity contribution is -0.189. The topological polar surface area (TPSA) is 129 Å². The normalized spacial score (nSPS) is 19.0. The van der Waals surface area contributed by atoms with Crippen LogP contribution in [-0.4, -0.2) is 62.9 Å². The highest BCUT2D eigenvalue weighted by Crippen LogP contribution is 2.37. The number of aromatic hydroxyl groups is 1. The molecule has 3 aromatic heterocycles. The Balaban J connectivity index is 1.48. The third-order valence-electron chi connectivity index (χ3n) is 8.13. The van der Waals surface area contributed by atoms with Crippen molar-refractivity contribution < 1.29 is 23.8 Å². The summed E-state index contributed by atoms with van der Waals surface area (Å²) in [5, 5.41) is 11.1. The Morgan fingerprint density at radius 3 is 2.71 bits per heavy atom. The molecule has 0 radical (unpaired) electrons. The molecule has 3 atom stereocenters. The molecule has 0 aliphatic carbocycles. The summed E-state index contributed by atoms with van der Waals surface area (Å²) >= 11 is 1.30. The predicted molar refractivity (Wildman–Crippen MR) is 156 cm³/mol. The van der Waals surface area contributed by atoms with Crippen LogP contribution in [0.5, 0.6) is 5.75 Å². The average Bonchev–Trinajstić information content (AvgIpc) is 3.60. The van der Waals surface area contributed by atoms with Crippen LogP contribution in [0.2, 0.25) is 0 Å². The number of phenolic OH excluding ortho intramolecular Hbond substituents is 1. The first-order valence-corrected chi connectivity index (χ1v) is 15.2. The summed E-state index contributed by atoms with van der Waals surface area (Å²) in [6.07, 6.45) is 6.73. The molecule has 2 aliphatic rings. The lowest BCUT2D eigenvalue weighted by Gasteiger charge is -2.34. The molecule has 222 valence electrons. The van der Waals surface area contributed by atoms with Crippen molar-refractivity contribution in [2.75, 3.05) is 26.2 Å². The highest BCUT2D eigenvalue weighted by Gasteiger charge is 2.30. The van der Waals surface area contributed by atoms with E-state index in [1.54, 1.807) is 12.1 Å². The third kappa shape index (κ3) is 5.47. The number of likely N-dealkylation sites (tertiary alicyclic amines) is 1. The van der Waals surface area contributed by atoms with Gasteiger partial charge in [0.15, 0.2) is 6.29 Å². The van der Waals surface area contributed by atoms with Gasteiger partial charge in [-0.15, -0.1) is 11.3 Å². The molecule has 2 unspecified atom stereocenters. The second-order valence-corrected chi connectivity index (χ2v) is 11.9. The zero-order valence-corrected chi connectivity index (χ0v) is 24.3. The lowest BCUT2D eigenvalue weighted by Crippen LogP contribution is -2.48. The lowest BCUT2D eigenvalue weighted by atomic mass is 10.0. The van der Waals surface area contributed by atoms with E-state index in [0.29, 0.717) is 40.9 Å². The maximum atomic E-state index is 14.1. The van der Waals surface area contributed by atoms with Crippen molar-refractivity contribution in [1.29, 1.82) is 0 Å². The number of carbonyl (C=O) groups is 1. The zero-order chi connectivity index (χ0) is 29.2. The number of aldehydes is 1. The summed E-state index contributed by atoms with van der Waals surface area (Å²) in [4.78, 5) is 47.4. The van der Waals surface area contributed by atoms with Crippen LogP contribution >= 0.6 is 11.3 Å². The molecular weight excluding hydrogens is 560 g/mol. The number of para-hydroxylation sites is 1. The monoisotopic (exact) mass is 594 g/mol. The van der Waals surface area contributed by atoms with Crippen molar-refractivity contribution >= 4 is 27.8 Å². The number of fused-ring (bicyclic) bond motifs is 1. The number of ether oxygens (including phenoxy) is 2. The third-order valence-corrected chi connectivity index (χ3v) is 9.43. The van der Waals surface area contributed by atoms with Crippen LogP contribution in [0.4, 0.5) is 0 Å². The zero-order valence-electron chi connectivity index (χ0n) is 23.4. The van der Waals surface area contributed by atoms with Crippen molar-refractivity contribution in [3.63, 3.8) is 0 Å². The molecule has 0 amide bonds. The second kappa shape index (κ2) is 12.3. The van der Waals surface area contributed by atoms with E-state index in [4.69, 9.17) is 13.9 Å². The SMILES string of the molecule is Cc1c(C[C@@H](OC2CCCCO2)c2ccccc2O)sc2c1c(=O)n(C(CC=O)CN1CCC1)c(=O)n2-c1ncco1. The number of aromatic nitrogens is 3. The minimum absolute atomic E-state index is 0.0311. The number of benzene rings is 1. The van der Waals surface area contributed by atoms with Gasteiger partial charge in [-0.05, 0) is 57.3 Å². The number of aryl methyl sites for hydroxylation is 1. The Hall–Kier alpha value is -3.58. The molecule has 1 aromatic carbocycles. The van der Waals surface area contributed by atoms with E-state index in [1.165, 1.54) is 32.9 Å². The summed E-state index contributed by atoms with van der Waals surface area (Å²) in [5.74, 6) is 0.110. The number of thiophene rings is 1. The van der Waals surface area contributed by atoms with Crippen LogP contribution in [-0.2, 0) is 20.7 Å². The molecule has 11 nitrogen and oxygen atoms in total. The van der Waals surface area contributed by atoms with Crippen LogP contribution in [0.25, 0.3) is 16.2 Å². The molecule has 0 bridgehead atoms. The van der Waals surface area contributed by atoms with Crippen molar-refractivity contribution in [3.05, 3.63) is 73.6 Å². The van der Waals surface area contributed by atoms with Crippen molar-refractivity contribution in [3.8, 4) is 11.8 Å². The number of carbonyl (C=O) groups excluding carboxylic acids is 1. The maximum Gasteiger partial charge on any atom is 0.340 e. The number of hydrogen-bond acceptors (Lipinski definition) is 10. The molecule has 0 spiro atoms. The summed E-state index contributed by atoms with van der Waals surface area (Å²) in [6.45, 7) is 4.61. The Labute approximate surface area is 245 Å². The summed E-state index contributed by atoms with van der Waals surface area (Å²) in [5.41, 5.74) is 0.281. The first-order chi connectivity index (χ1) is 20.5. The predicted octanol–water partition coefficient (Wildman–Crippen LogP) is 3.88. The minimum atomic E-state index is -0.628. The van der Waals surface area contributed by atoms with Crippen molar-refractivity contribution in [1.82, 2.24) is 19.0 Å². The number of nitrogens with zero attached hydrogens (tertiary/aromatic N) is 4. The van der Waals surface area contributed by atoms with E-state index >= 15 is 0 Å². The van der Waals surface area contributed by atoms with E-state index < -0.39 is 29.7 Å². The first kappa shape index (κ1) is 28.5. The fourth-order valence-corrected chi connectivity index (χ4v) is 7.08. The number of oxazole rings is 1. The minimum Gasteiger partial charge on any atom is -0.508 e. The summed E-state index contributed by atoms with van der Waals surface area (Å²) in [7, 11) is 0. The summed E-state index contributed by atoms with van der Waals surface area (Å²) < 4.78 is 20.4. The second-order valence-electron chi connectivity index (χ2n) is 10.8. The van der Waals surface area contributed by atoms with Crippen molar-refractivity contribution in [2.24, 2.45) is 0 Å². The Morgan fingerprint density at radius 2 is 2.05 bits per heavy atom. The molecule has 2 fully saturated rings. The van der Waals surface area contributed by atoms with Gasteiger partial charge in [-0.1, -0.05) is 18.2 Å². The van der Waals surface area contributed by atoms with Gasteiger partial charge in [0.25, 0.3) is 5.56 Å². The first-order valence-electron chi connectivity index (χ1n) is 14.4. The fourth-order valence-electron chi connectivity index (χ4n) is 5.76. The van der Waals surface area contributed by atoms with Gasteiger partial charge < -0.3 is 28.7 Å². The molecular formula is C30H34N4O7S. The average molecular weight is 595 g/mol. The highest BCUT2D eigenvalue weighted by atomic mass is 32.1. The van der Waals surface area contributed by atoms with Crippen molar-refractivity contribution in [2.45, 2.75) is 63.9 Å². The molecule has 0 saturated carbocycles. The smallest absolute Gasteiger partial charge is 0.340 e. The highest BCUT2D eigenvalue weighted by molar-refractivity contribution is 7.18. The Kier molecular flexibility index (Phi) is 8.38. The van der Waals surface area contributed by atoms with Crippen LogP contribution in [0.1, 0.15) is 60.3 Å². The molecule has 12 heteroatoms. The molecule has 6 rings (SSSR count). The molecule has 42 heavy (non-hydrogen) atoms. The van der Waals surface area contributed by atoms with E-state index in [0.717, 1.165) is 49.9 Å². The largest absolute Gasteiger partial charge is 0.508 e. The van der Waals surface area contributed by atoms with E-state index in [2.05, 4.69) is 9.88 Å². The molecule has 5 heterocycles. The summed E-state index contributed by atoms with van der Waals surface area (Å²) in [6, 6.07) is 6.46. The van der Waals surface area contributed by atoms with Crippen LogP contribution in [0, 0.1) is 6.92 Å². The van der Waals surface area contributed by atoms with Crippen LogP contribution in [0.3, 0.4) is 0 Å². The van der Waals surface area contributed by atoms with E-state index in [1.807, 2.05) is 19.1 Å². The Bertz CT molecular complexity index is 1670. The maximum absolute atomic E-state index is 14.1. The molecule has 1 N–H and O–H groups in total.